The molecule has 0 radical (unpaired) electrons. The second-order valence-corrected chi connectivity index (χ2v) is 10.5. The lowest BCUT2D eigenvalue weighted by Gasteiger charge is -2.35. The van der Waals surface area contributed by atoms with Gasteiger partial charge in [0, 0.05) is 16.8 Å². The van der Waals surface area contributed by atoms with Crippen LogP contribution in [0.2, 0.25) is 0 Å². The third kappa shape index (κ3) is 4.79. The summed E-state index contributed by atoms with van der Waals surface area (Å²) >= 11 is 0. The van der Waals surface area contributed by atoms with E-state index in [0.29, 0.717) is 30.1 Å². The van der Waals surface area contributed by atoms with Crippen LogP contribution in [0, 0.1) is 0 Å². The highest BCUT2D eigenvalue weighted by Gasteiger charge is 2.36. The number of aliphatic imine (C=N–C) groups is 1. The topological polar surface area (TPSA) is 126 Å². The van der Waals surface area contributed by atoms with Gasteiger partial charge in [0.1, 0.15) is 23.5 Å². The molecule has 0 bridgehead atoms. The molecule has 1 aromatic carbocycles. The number of carbonyl (C=O) groups excluding carboxylic acids is 1. The highest BCUT2D eigenvalue weighted by atomic mass is 16.6. The Morgan fingerprint density at radius 1 is 1.15 bits per heavy atom. The van der Waals surface area contributed by atoms with Crippen molar-refractivity contribution in [1.82, 2.24) is 9.97 Å². The Bertz CT molecular complexity index is 1110. The van der Waals surface area contributed by atoms with Gasteiger partial charge < -0.3 is 20.9 Å². The smallest absolute Gasteiger partial charge is 0.434 e. The highest BCUT2D eigenvalue weighted by molar-refractivity contribution is 5.93. The summed E-state index contributed by atoms with van der Waals surface area (Å²) in [6.45, 7) is 9.77. The molecule has 1 aromatic heterocycles. The van der Waals surface area contributed by atoms with Crippen LogP contribution < -0.4 is 16.2 Å². The molecule has 33 heavy (non-hydrogen) atoms. The van der Waals surface area contributed by atoms with E-state index in [0.717, 1.165) is 47.4 Å². The average Bonchev–Trinajstić information content (AvgIpc) is 2.70. The number of ether oxygens (including phenoxy) is 2. The van der Waals surface area contributed by atoms with Gasteiger partial charge in [0.15, 0.2) is 0 Å². The number of benzene rings is 1. The Hall–Kier alpha value is -3.16. The van der Waals surface area contributed by atoms with E-state index in [1.807, 2.05) is 32.9 Å². The largest absolute Gasteiger partial charge is 0.488 e. The van der Waals surface area contributed by atoms with Gasteiger partial charge in [-0.15, -0.1) is 0 Å². The number of nitrogen functional groups attached to an aromatic ring is 2. The van der Waals surface area contributed by atoms with Gasteiger partial charge in [-0.3, -0.25) is 0 Å². The van der Waals surface area contributed by atoms with Gasteiger partial charge in [0.2, 0.25) is 0 Å². The number of nitrogens with two attached hydrogens (primary N) is 2. The molecule has 176 valence electrons. The number of hydrogen-bond donors (Lipinski definition) is 2. The molecule has 1 heterocycles. The number of nitrogens with zero attached hydrogens (tertiary/aromatic N) is 3. The summed E-state index contributed by atoms with van der Waals surface area (Å²) in [4.78, 5) is 24.8. The molecule has 1 amide bonds. The molecule has 2 aromatic rings. The summed E-state index contributed by atoms with van der Waals surface area (Å²) in [6, 6.07) is 3.93. The summed E-state index contributed by atoms with van der Waals surface area (Å²) in [7, 11) is 0. The molecule has 4 N–H and O–H groups in total. The van der Waals surface area contributed by atoms with E-state index < -0.39 is 11.7 Å². The van der Waals surface area contributed by atoms with Crippen molar-refractivity contribution < 1.29 is 14.3 Å². The van der Waals surface area contributed by atoms with Gasteiger partial charge in [-0.05, 0) is 76.0 Å². The van der Waals surface area contributed by atoms with Crippen LogP contribution >= 0.6 is 0 Å². The zero-order chi connectivity index (χ0) is 24.0. The monoisotopic (exact) mass is 451 g/mol. The van der Waals surface area contributed by atoms with Crippen molar-refractivity contribution in [3.63, 3.8) is 0 Å². The molecular formula is C25H33N5O3. The third-order valence-electron chi connectivity index (χ3n) is 6.19. The molecular weight excluding hydrogens is 418 g/mol. The Kier molecular flexibility index (Phi) is 5.80. The van der Waals surface area contributed by atoms with Crippen molar-refractivity contribution in [2.75, 3.05) is 11.5 Å². The zero-order valence-corrected chi connectivity index (χ0v) is 20.1. The Balaban J connectivity index is 1.49. The molecule has 1 saturated carbocycles. The first-order chi connectivity index (χ1) is 15.4. The minimum Gasteiger partial charge on any atom is -0.488 e. The van der Waals surface area contributed by atoms with Gasteiger partial charge in [-0.2, -0.15) is 4.99 Å². The maximum atomic E-state index is 12.0. The van der Waals surface area contributed by atoms with E-state index in [4.69, 9.17) is 20.9 Å². The minimum absolute atomic E-state index is 0.0183. The van der Waals surface area contributed by atoms with E-state index in [-0.39, 0.29) is 11.5 Å². The second kappa shape index (κ2) is 8.32. The van der Waals surface area contributed by atoms with Crippen molar-refractivity contribution in [3.05, 3.63) is 29.6 Å². The van der Waals surface area contributed by atoms with Crippen molar-refractivity contribution in [3.8, 4) is 17.0 Å². The first kappa shape index (κ1) is 23.0. The molecule has 0 aliphatic heterocycles. The fourth-order valence-corrected chi connectivity index (χ4v) is 4.71. The van der Waals surface area contributed by atoms with Gasteiger partial charge in [-0.1, -0.05) is 13.8 Å². The summed E-state index contributed by atoms with van der Waals surface area (Å²) in [6.07, 6.45) is 4.67. The van der Waals surface area contributed by atoms with E-state index >= 15 is 0 Å². The van der Waals surface area contributed by atoms with Crippen LogP contribution in [-0.2, 0) is 16.6 Å². The van der Waals surface area contributed by atoms with E-state index in [9.17, 15) is 4.79 Å². The van der Waals surface area contributed by atoms with Crippen LogP contribution in [0.1, 0.15) is 71.4 Å². The molecule has 2 aliphatic rings. The number of anilines is 2. The first-order valence-corrected chi connectivity index (χ1v) is 11.4. The molecule has 0 saturated heterocycles. The third-order valence-corrected chi connectivity index (χ3v) is 6.19. The SMILES string of the molecule is CC(C)(C)OC(=O)N=C1CCC(Oc2ccc3c(c2N)CC(C)(C)c2c(N)ncnc2-3)CC1. The lowest BCUT2D eigenvalue weighted by Crippen LogP contribution is -2.29. The van der Waals surface area contributed by atoms with Gasteiger partial charge in [0.05, 0.1) is 17.5 Å². The summed E-state index contributed by atoms with van der Waals surface area (Å²) in [5.74, 6) is 1.20. The van der Waals surface area contributed by atoms with Gasteiger partial charge in [0.25, 0.3) is 0 Å². The quantitative estimate of drug-likeness (QED) is 0.626. The maximum absolute atomic E-state index is 12.0. The Labute approximate surface area is 194 Å². The number of hydrogen-bond acceptors (Lipinski definition) is 7. The van der Waals surface area contributed by atoms with Crippen LogP contribution in [0.5, 0.6) is 5.75 Å². The van der Waals surface area contributed by atoms with Crippen molar-refractivity contribution in [2.45, 2.75) is 83.8 Å². The summed E-state index contributed by atoms with van der Waals surface area (Å²) in [5, 5.41) is 0. The number of aromatic nitrogens is 2. The second-order valence-electron chi connectivity index (χ2n) is 10.5. The van der Waals surface area contributed by atoms with Crippen LogP contribution in [0.25, 0.3) is 11.3 Å². The molecule has 1 fully saturated rings. The Morgan fingerprint density at radius 3 is 2.52 bits per heavy atom. The van der Waals surface area contributed by atoms with Gasteiger partial charge >= 0.3 is 6.09 Å². The molecule has 8 heteroatoms. The predicted molar refractivity (Wildman–Crippen MR) is 130 cm³/mol. The molecule has 0 spiro atoms. The lowest BCUT2D eigenvalue weighted by molar-refractivity contribution is 0.0602. The van der Waals surface area contributed by atoms with Crippen molar-refractivity contribution in [2.24, 2.45) is 4.99 Å². The first-order valence-electron chi connectivity index (χ1n) is 11.4. The number of fused-ring (bicyclic) bond motifs is 3. The summed E-state index contributed by atoms with van der Waals surface area (Å²) in [5.41, 5.74) is 17.4. The predicted octanol–water partition coefficient (Wildman–Crippen LogP) is 4.84. The fraction of sp³-hybridized carbons (Fsp3) is 0.520. The van der Waals surface area contributed by atoms with Crippen molar-refractivity contribution in [1.29, 1.82) is 0 Å². The average molecular weight is 452 g/mol. The molecule has 0 unspecified atom stereocenters. The fourth-order valence-electron chi connectivity index (χ4n) is 4.71. The highest BCUT2D eigenvalue weighted by Crippen LogP contribution is 2.47. The van der Waals surface area contributed by atoms with Crippen LogP contribution in [0.4, 0.5) is 16.3 Å². The van der Waals surface area contributed by atoms with Gasteiger partial charge in [-0.25, -0.2) is 14.8 Å². The molecule has 2 aliphatic carbocycles. The van der Waals surface area contributed by atoms with Crippen LogP contribution in [0.3, 0.4) is 0 Å². The van der Waals surface area contributed by atoms with E-state index in [2.05, 4.69) is 28.8 Å². The lowest BCUT2D eigenvalue weighted by atomic mass is 9.71. The summed E-state index contributed by atoms with van der Waals surface area (Å²) < 4.78 is 11.6. The molecule has 0 atom stereocenters. The van der Waals surface area contributed by atoms with Crippen LogP contribution in [-0.4, -0.2) is 33.5 Å². The minimum atomic E-state index is -0.543. The van der Waals surface area contributed by atoms with Crippen LogP contribution in [0.15, 0.2) is 23.5 Å². The van der Waals surface area contributed by atoms with Crippen molar-refractivity contribution >= 4 is 23.3 Å². The maximum Gasteiger partial charge on any atom is 0.434 e. The normalized spacial score (nSPS) is 19.3. The number of carbonyl (C=O) groups is 1. The molecule has 8 nitrogen and oxygen atoms in total. The number of rotatable bonds is 2. The van der Waals surface area contributed by atoms with E-state index in [1.165, 1.54) is 6.33 Å². The number of amides is 1. The standard InChI is InChI=1S/C25H33N5O3/c1-24(2,3)33-23(31)30-14-6-8-15(9-7-14)32-18-11-10-16-17(20(18)26)12-25(4,5)19-21(16)28-13-29-22(19)27/h10-11,13,15H,6-9,12,26H2,1-5H3,(H2,27,28,29). The Morgan fingerprint density at radius 2 is 1.85 bits per heavy atom. The van der Waals surface area contributed by atoms with E-state index in [1.54, 1.807) is 0 Å². The molecule has 4 rings (SSSR count). The zero-order valence-electron chi connectivity index (χ0n) is 20.1.